The minimum Gasteiger partial charge on any atom is -0.370 e. The number of pyridine rings is 1. The van der Waals surface area contributed by atoms with Crippen LogP contribution in [0.5, 0.6) is 0 Å². The van der Waals surface area contributed by atoms with Gasteiger partial charge in [0, 0.05) is 29.5 Å². The summed E-state index contributed by atoms with van der Waals surface area (Å²) < 4.78 is 0. The average Bonchev–Trinajstić information content (AvgIpc) is 2.77. The zero-order chi connectivity index (χ0) is 13.9. The number of hydrogen-bond acceptors (Lipinski definition) is 4. The molecule has 2 aromatic heterocycles. The number of aryl methyl sites for hydroxylation is 1. The van der Waals surface area contributed by atoms with Gasteiger partial charge in [-0.15, -0.1) is 11.3 Å². The van der Waals surface area contributed by atoms with Gasteiger partial charge in [-0.05, 0) is 19.1 Å². The number of hydrogen-bond donors (Lipinski definition) is 1. The van der Waals surface area contributed by atoms with Gasteiger partial charge in [0.2, 0.25) is 0 Å². The molecule has 3 nitrogen and oxygen atoms in total. The quantitative estimate of drug-likeness (QED) is 0.922. The molecule has 0 spiro atoms. The molecule has 0 atom stereocenters. The van der Waals surface area contributed by atoms with Gasteiger partial charge in [-0.2, -0.15) is 0 Å². The molecule has 4 heteroatoms. The summed E-state index contributed by atoms with van der Waals surface area (Å²) in [5, 5.41) is 6.69. The standard InChI is InChI=1S/C15H21N3S/c1-11-6-5-7-13(17-11)16-9-8-14-18-12(10-19-14)15(2,3)4/h5-7,10H,8-9H2,1-4H3,(H,16,17). The summed E-state index contributed by atoms with van der Waals surface area (Å²) in [4.78, 5) is 9.11. The van der Waals surface area contributed by atoms with Crippen LogP contribution in [0.3, 0.4) is 0 Å². The van der Waals surface area contributed by atoms with E-state index in [2.05, 4.69) is 41.4 Å². The maximum Gasteiger partial charge on any atom is 0.126 e. The molecule has 0 aliphatic heterocycles. The summed E-state index contributed by atoms with van der Waals surface area (Å²) in [5.74, 6) is 0.938. The van der Waals surface area contributed by atoms with Gasteiger partial charge in [0.05, 0.1) is 10.7 Å². The monoisotopic (exact) mass is 275 g/mol. The topological polar surface area (TPSA) is 37.8 Å². The van der Waals surface area contributed by atoms with Gasteiger partial charge in [-0.25, -0.2) is 9.97 Å². The molecule has 0 aliphatic rings. The highest BCUT2D eigenvalue weighted by molar-refractivity contribution is 7.09. The Balaban J connectivity index is 1.88. The number of thiazole rings is 1. The fourth-order valence-electron chi connectivity index (χ4n) is 1.71. The third kappa shape index (κ3) is 4.03. The molecule has 2 aromatic rings. The maximum absolute atomic E-state index is 4.69. The Morgan fingerprint density at radius 3 is 2.63 bits per heavy atom. The molecule has 0 aliphatic carbocycles. The molecule has 0 bridgehead atoms. The highest BCUT2D eigenvalue weighted by atomic mass is 32.1. The first-order valence-electron chi connectivity index (χ1n) is 6.57. The Bertz CT molecular complexity index is 540. The summed E-state index contributed by atoms with van der Waals surface area (Å²) in [6.45, 7) is 9.46. The molecular formula is C15H21N3S. The van der Waals surface area contributed by atoms with Crippen LogP contribution in [0, 0.1) is 6.92 Å². The molecule has 0 aromatic carbocycles. The second kappa shape index (κ2) is 5.70. The average molecular weight is 275 g/mol. The normalized spacial score (nSPS) is 11.6. The van der Waals surface area contributed by atoms with Crippen LogP contribution in [0.1, 0.15) is 37.2 Å². The van der Waals surface area contributed by atoms with Gasteiger partial charge in [0.25, 0.3) is 0 Å². The molecule has 2 heterocycles. The first-order valence-corrected chi connectivity index (χ1v) is 7.45. The number of rotatable bonds is 4. The predicted octanol–water partition coefficient (Wildman–Crippen LogP) is 3.80. The van der Waals surface area contributed by atoms with Crippen molar-refractivity contribution in [2.24, 2.45) is 0 Å². The van der Waals surface area contributed by atoms with Crippen molar-refractivity contribution in [1.82, 2.24) is 9.97 Å². The molecule has 1 N–H and O–H groups in total. The second-order valence-electron chi connectivity index (χ2n) is 5.72. The largest absolute Gasteiger partial charge is 0.370 e. The SMILES string of the molecule is Cc1cccc(NCCc2nc(C(C)(C)C)cs2)n1. The lowest BCUT2D eigenvalue weighted by Crippen LogP contribution is -2.12. The molecule has 0 unspecified atom stereocenters. The van der Waals surface area contributed by atoms with E-state index in [1.54, 1.807) is 11.3 Å². The molecule has 2 rings (SSSR count). The number of nitrogens with zero attached hydrogens (tertiary/aromatic N) is 2. The minimum absolute atomic E-state index is 0.139. The zero-order valence-corrected chi connectivity index (χ0v) is 12.8. The van der Waals surface area contributed by atoms with E-state index in [0.29, 0.717) is 0 Å². The van der Waals surface area contributed by atoms with Crippen LogP contribution >= 0.6 is 11.3 Å². The summed E-state index contributed by atoms with van der Waals surface area (Å²) in [7, 11) is 0. The molecule has 0 fully saturated rings. The lowest BCUT2D eigenvalue weighted by atomic mass is 9.93. The van der Waals surface area contributed by atoms with Crippen molar-refractivity contribution in [3.05, 3.63) is 40.0 Å². The lowest BCUT2D eigenvalue weighted by Gasteiger charge is -2.14. The van der Waals surface area contributed by atoms with Gasteiger partial charge in [-0.1, -0.05) is 26.8 Å². The lowest BCUT2D eigenvalue weighted by molar-refractivity contribution is 0.571. The molecule has 19 heavy (non-hydrogen) atoms. The van der Waals surface area contributed by atoms with E-state index in [0.717, 1.165) is 24.5 Å². The Morgan fingerprint density at radius 1 is 1.21 bits per heavy atom. The van der Waals surface area contributed by atoms with Crippen LogP contribution in [-0.4, -0.2) is 16.5 Å². The summed E-state index contributed by atoms with van der Waals surface area (Å²) in [6, 6.07) is 6.02. The number of anilines is 1. The van der Waals surface area contributed by atoms with E-state index >= 15 is 0 Å². The Hall–Kier alpha value is -1.42. The first kappa shape index (κ1) is 14.0. The zero-order valence-electron chi connectivity index (χ0n) is 12.0. The van der Waals surface area contributed by atoms with Crippen molar-refractivity contribution in [3.8, 4) is 0 Å². The van der Waals surface area contributed by atoms with Gasteiger partial charge < -0.3 is 5.32 Å². The highest BCUT2D eigenvalue weighted by Crippen LogP contribution is 2.24. The third-order valence-electron chi connectivity index (χ3n) is 2.85. The second-order valence-corrected chi connectivity index (χ2v) is 6.66. The molecule has 0 amide bonds. The van der Waals surface area contributed by atoms with Crippen molar-refractivity contribution in [1.29, 1.82) is 0 Å². The van der Waals surface area contributed by atoms with Crippen LogP contribution in [0.25, 0.3) is 0 Å². The van der Waals surface area contributed by atoms with Gasteiger partial charge in [0.1, 0.15) is 5.82 Å². The Labute approximate surface area is 119 Å². The first-order chi connectivity index (χ1) is 8.95. The number of aromatic nitrogens is 2. The van der Waals surface area contributed by atoms with Gasteiger partial charge in [0.15, 0.2) is 0 Å². The van der Waals surface area contributed by atoms with Crippen molar-refractivity contribution >= 4 is 17.2 Å². The van der Waals surface area contributed by atoms with E-state index in [9.17, 15) is 0 Å². The van der Waals surface area contributed by atoms with E-state index in [4.69, 9.17) is 0 Å². The molecule has 0 radical (unpaired) electrons. The molecule has 0 saturated heterocycles. The van der Waals surface area contributed by atoms with E-state index < -0.39 is 0 Å². The van der Waals surface area contributed by atoms with E-state index in [1.807, 2.05) is 25.1 Å². The van der Waals surface area contributed by atoms with Crippen molar-refractivity contribution in [2.45, 2.75) is 39.5 Å². The summed E-state index contributed by atoms with van der Waals surface area (Å²) in [6.07, 6.45) is 0.941. The maximum atomic E-state index is 4.69. The van der Waals surface area contributed by atoms with Crippen molar-refractivity contribution < 1.29 is 0 Å². The van der Waals surface area contributed by atoms with Crippen LogP contribution in [0.2, 0.25) is 0 Å². The van der Waals surface area contributed by atoms with Crippen LogP contribution in [0.15, 0.2) is 23.6 Å². The molecular weight excluding hydrogens is 254 g/mol. The van der Waals surface area contributed by atoms with Crippen LogP contribution in [0.4, 0.5) is 5.82 Å². The van der Waals surface area contributed by atoms with E-state index in [-0.39, 0.29) is 5.41 Å². The smallest absolute Gasteiger partial charge is 0.126 e. The fourth-order valence-corrected chi connectivity index (χ4v) is 2.73. The molecule has 102 valence electrons. The van der Waals surface area contributed by atoms with E-state index in [1.165, 1.54) is 10.7 Å². The summed E-state index contributed by atoms with van der Waals surface area (Å²) in [5.41, 5.74) is 2.36. The van der Waals surface area contributed by atoms with Crippen molar-refractivity contribution in [2.75, 3.05) is 11.9 Å². The predicted molar refractivity (Wildman–Crippen MR) is 82.0 cm³/mol. The molecule has 0 saturated carbocycles. The van der Waals surface area contributed by atoms with Crippen LogP contribution in [-0.2, 0) is 11.8 Å². The Morgan fingerprint density at radius 2 is 2.00 bits per heavy atom. The minimum atomic E-state index is 0.139. The highest BCUT2D eigenvalue weighted by Gasteiger charge is 2.17. The number of nitrogens with one attached hydrogen (secondary N) is 1. The fraction of sp³-hybridized carbons (Fsp3) is 0.467. The summed E-state index contributed by atoms with van der Waals surface area (Å²) >= 11 is 1.74. The van der Waals surface area contributed by atoms with Gasteiger partial charge in [-0.3, -0.25) is 0 Å². The van der Waals surface area contributed by atoms with Crippen LogP contribution < -0.4 is 5.32 Å². The van der Waals surface area contributed by atoms with Crippen molar-refractivity contribution in [3.63, 3.8) is 0 Å². The third-order valence-corrected chi connectivity index (χ3v) is 3.76. The van der Waals surface area contributed by atoms with Gasteiger partial charge >= 0.3 is 0 Å². The Kier molecular flexibility index (Phi) is 4.20.